The average Bonchev–Trinajstić information content (AvgIpc) is 3.73. The number of aromatic nitrogens is 3. The van der Waals surface area contributed by atoms with E-state index in [4.69, 9.17) is 35.7 Å². The molecule has 0 aliphatic carbocycles. The molecule has 1 fully saturated rings. The Bertz CT molecular complexity index is 1970. The van der Waals surface area contributed by atoms with E-state index in [9.17, 15) is 23.9 Å². The van der Waals surface area contributed by atoms with Gasteiger partial charge in [-0.25, -0.2) is 19.3 Å². The number of hydrogen-bond donors (Lipinski definition) is 5. The van der Waals surface area contributed by atoms with E-state index in [1.165, 1.54) is 12.4 Å². The number of azide groups is 1. The molecule has 3 heterocycles. The van der Waals surface area contributed by atoms with Crippen molar-refractivity contribution >= 4 is 72.4 Å². The normalized spacial score (nSPS) is 18.4. The number of nitrogens with two attached hydrogens (primary N) is 2. The monoisotopic (exact) mass is 838 g/mol. The van der Waals surface area contributed by atoms with E-state index in [1.807, 2.05) is 0 Å². The number of phosphoric ester groups is 1. The molecule has 4 rings (SSSR count). The molecule has 296 valence electrons. The molecule has 3 aromatic rings. The summed E-state index contributed by atoms with van der Waals surface area (Å²) < 4.78 is 41.3. The molecule has 23 heteroatoms. The number of phosphoric acid groups is 1. The van der Waals surface area contributed by atoms with Gasteiger partial charge in [-0.2, -0.15) is 4.89 Å². The first-order valence-electron chi connectivity index (χ1n) is 16.8. The maximum absolute atomic E-state index is 13.5. The second-order valence-corrected chi connectivity index (χ2v) is 16.8. The first-order valence-corrected chi connectivity index (χ1v) is 22.2. The van der Waals surface area contributed by atoms with Gasteiger partial charge < -0.3 is 40.5 Å². The standard InChI is InChI=1S/C32H41N9O10P2S2/c1-21(39-40-35)23-9-3-4-10-24(23)32(43)50-25-16-28(49-26(25)18-48-53(45,46)51-52(2)44)41-17-22(29-30(34)37-19-38-31(29)41)8-7-13-36-27(42)11-5-6-14-47-20-55-54-15-12-33/h3-4,9-10,17,19,21,25-26,28H,2,5-6,11-16,18,20,33H2,1H3,(H4-,34,36,37,38,42,44,45,46)/p+1/t21?,25?,26-,28-/m1/s1. The molecule has 0 spiro atoms. The minimum atomic E-state index is -4.77. The number of hydrogen-bond acceptors (Lipinski definition) is 16. The van der Waals surface area contributed by atoms with Gasteiger partial charge in [0, 0.05) is 42.9 Å². The number of amides is 1. The molecular formula is C32H42N9O10P2S2+. The molecule has 1 aliphatic heterocycles. The fourth-order valence-electron chi connectivity index (χ4n) is 5.36. The Morgan fingerprint density at radius 1 is 1.33 bits per heavy atom. The molecule has 0 radical (unpaired) electrons. The van der Waals surface area contributed by atoms with Gasteiger partial charge in [0.15, 0.2) is 0 Å². The number of esters is 1. The number of unbranched alkanes of at least 4 members (excludes halogenated alkanes) is 1. The van der Waals surface area contributed by atoms with Crippen molar-refractivity contribution in [1.82, 2.24) is 19.9 Å². The molecule has 1 aliphatic rings. The fraction of sp³-hybridized carbons (Fsp3) is 0.469. The summed E-state index contributed by atoms with van der Waals surface area (Å²) in [6.45, 7) is 2.28. The number of anilines is 1. The van der Waals surface area contributed by atoms with E-state index in [2.05, 4.69) is 47.8 Å². The highest BCUT2D eigenvalue weighted by Gasteiger charge is 2.42. The Morgan fingerprint density at radius 2 is 2.13 bits per heavy atom. The lowest BCUT2D eigenvalue weighted by Gasteiger charge is -2.20. The Hall–Kier alpha value is -3.73. The van der Waals surface area contributed by atoms with Crippen LogP contribution < -0.4 is 16.8 Å². The predicted octanol–water partition coefficient (Wildman–Crippen LogP) is 4.72. The number of ether oxygens (including phenoxy) is 3. The Kier molecular flexibility index (Phi) is 17.7. The van der Waals surface area contributed by atoms with Crippen LogP contribution in [0.4, 0.5) is 5.82 Å². The van der Waals surface area contributed by atoms with Gasteiger partial charge in [-0.1, -0.05) is 63.7 Å². The third-order valence-electron chi connectivity index (χ3n) is 7.80. The molecule has 55 heavy (non-hydrogen) atoms. The van der Waals surface area contributed by atoms with Gasteiger partial charge in [0.05, 0.1) is 35.7 Å². The third kappa shape index (κ3) is 13.5. The highest BCUT2D eigenvalue weighted by molar-refractivity contribution is 8.76. The number of fused-ring (bicyclic) bond motifs is 1. The van der Waals surface area contributed by atoms with Crippen molar-refractivity contribution in [3.63, 3.8) is 0 Å². The molecular weight excluding hydrogens is 796 g/mol. The van der Waals surface area contributed by atoms with Crippen molar-refractivity contribution in [3.8, 4) is 11.8 Å². The lowest BCUT2D eigenvalue weighted by molar-refractivity contribution is -0.121. The van der Waals surface area contributed by atoms with Gasteiger partial charge in [0.1, 0.15) is 48.5 Å². The highest BCUT2D eigenvalue weighted by atomic mass is 33.1. The van der Waals surface area contributed by atoms with Crippen LogP contribution in [-0.4, -0.2) is 92.7 Å². The van der Waals surface area contributed by atoms with Gasteiger partial charge in [-0.05, 0) is 34.3 Å². The van der Waals surface area contributed by atoms with Crippen LogP contribution in [0, 0.1) is 11.8 Å². The fourth-order valence-corrected chi connectivity index (χ4v) is 8.36. The highest BCUT2D eigenvalue weighted by Crippen LogP contribution is 2.51. The van der Waals surface area contributed by atoms with Gasteiger partial charge in [-0.3, -0.25) is 9.32 Å². The molecule has 1 saturated heterocycles. The number of benzene rings is 1. The number of carbonyl (C=O) groups is 2. The molecule has 0 saturated carbocycles. The molecule has 1 amide bonds. The molecule has 4 unspecified atom stereocenters. The molecule has 6 atom stereocenters. The Balaban J connectivity index is 1.48. The largest absolute Gasteiger partial charge is 0.515 e. The van der Waals surface area contributed by atoms with E-state index in [-0.39, 0.29) is 30.3 Å². The van der Waals surface area contributed by atoms with Crippen LogP contribution in [0.2, 0.25) is 0 Å². The maximum atomic E-state index is 13.5. The number of nitrogens with one attached hydrogen (secondary N) is 1. The molecule has 0 bridgehead atoms. The summed E-state index contributed by atoms with van der Waals surface area (Å²) in [6, 6.07) is 5.76. The minimum Gasteiger partial charge on any atom is -0.456 e. The van der Waals surface area contributed by atoms with Crippen molar-refractivity contribution in [3.05, 3.63) is 63.9 Å². The van der Waals surface area contributed by atoms with Crippen LogP contribution >= 0.6 is 37.4 Å². The molecule has 7 N–H and O–H groups in total. The topological polar surface area (TPSA) is 281 Å². The van der Waals surface area contributed by atoms with Crippen LogP contribution in [0.5, 0.6) is 0 Å². The number of nitrogen functional groups attached to an aromatic ring is 1. The summed E-state index contributed by atoms with van der Waals surface area (Å²) in [7, 11) is -4.00. The van der Waals surface area contributed by atoms with Crippen LogP contribution in [0.25, 0.3) is 21.5 Å². The second-order valence-electron chi connectivity index (χ2n) is 11.7. The van der Waals surface area contributed by atoms with E-state index in [1.54, 1.807) is 57.5 Å². The number of nitrogens with zero attached hydrogens (tertiary/aromatic N) is 6. The van der Waals surface area contributed by atoms with Gasteiger partial charge in [-0.15, -0.1) is 0 Å². The van der Waals surface area contributed by atoms with Crippen molar-refractivity contribution in [2.75, 3.05) is 43.7 Å². The zero-order valence-electron chi connectivity index (χ0n) is 29.8. The first kappa shape index (κ1) is 44.0. The van der Waals surface area contributed by atoms with Crippen LogP contribution in [0.15, 0.2) is 41.9 Å². The summed E-state index contributed by atoms with van der Waals surface area (Å²) in [6.07, 6.45) is 4.74. The van der Waals surface area contributed by atoms with Crippen LogP contribution in [0.1, 0.15) is 66.4 Å². The quantitative estimate of drug-likeness (QED) is 0.0112. The molecule has 1 aromatic carbocycles. The summed E-state index contributed by atoms with van der Waals surface area (Å²) in [5, 5.41) is 6.88. The van der Waals surface area contributed by atoms with Crippen molar-refractivity contribution < 1.29 is 47.0 Å². The first-order chi connectivity index (χ1) is 26.4. The lowest BCUT2D eigenvalue weighted by atomic mass is 10.0. The van der Waals surface area contributed by atoms with Gasteiger partial charge in [0.25, 0.3) is 0 Å². The number of rotatable bonds is 21. The van der Waals surface area contributed by atoms with E-state index in [0.717, 1.165) is 12.2 Å². The van der Waals surface area contributed by atoms with Crippen molar-refractivity contribution in [2.24, 2.45) is 10.8 Å². The van der Waals surface area contributed by atoms with Crippen molar-refractivity contribution in [2.45, 2.75) is 57.1 Å². The Labute approximate surface area is 325 Å². The van der Waals surface area contributed by atoms with Gasteiger partial charge in [0.2, 0.25) is 5.91 Å². The minimum absolute atomic E-state index is 0.0141. The van der Waals surface area contributed by atoms with E-state index < -0.39 is 52.9 Å². The Morgan fingerprint density at radius 3 is 2.89 bits per heavy atom. The number of carbonyl (C=O) groups excluding carboxylic acids is 2. The second kappa shape index (κ2) is 22.1. The third-order valence-corrected chi connectivity index (χ3v) is 12.0. The SMILES string of the molecule is C=[P+](O)OP(=O)(O)OC[C@H]1O[C@@H](n2cc(C#CCNC(=O)CCCCOCSSCCN)c3c(N)ncnc32)CC1OC(=O)c1ccccc1C(C)N=[N+]=[N-]. The lowest BCUT2D eigenvalue weighted by Crippen LogP contribution is -2.31. The summed E-state index contributed by atoms with van der Waals surface area (Å²) in [5.74, 6) is 6.57. The van der Waals surface area contributed by atoms with Crippen molar-refractivity contribution in [1.29, 1.82) is 0 Å². The summed E-state index contributed by atoms with van der Waals surface area (Å²) in [5.41, 5.74) is 22.0. The van der Waals surface area contributed by atoms with E-state index >= 15 is 0 Å². The van der Waals surface area contributed by atoms with Crippen LogP contribution in [-0.2, 0) is 32.4 Å². The smallest absolute Gasteiger partial charge is 0.456 e. The molecule has 2 aromatic heterocycles. The van der Waals surface area contributed by atoms with E-state index in [0.29, 0.717) is 54.1 Å². The van der Waals surface area contributed by atoms with Crippen LogP contribution in [0.3, 0.4) is 0 Å². The predicted molar refractivity (Wildman–Crippen MR) is 210 cm³/mol. The molecule has 19 nitrogen and oxygen atoms in total. The summed E-state index contributed by atoms with van der Waals surface area (Å²) >= 11 is 0. The zero-order chi connectivity index (χ0) is 39.8. The average molecular weight is 839 g/mol. The summed E-state index contributed by atoms with van der Waals surface area (Å²) in [4.78, 5) is 56.7. The van der Waals surface area contributed by atoms with Gasteiger partial charge >= 0.3 is 21.8 Å². The maximum Gasteiger partial charge on any atom is 0.515 e. The zero-order valence-corrected chi connectivity index (χ0v) is 33.2.